The third-order valence-electron chi connectivity index (χ3n) is 4.38. The minimum Gasteiger partial charge on any atom is -0.379 e. The van der Waals surface area contributed by atoms with Gasteiger partial charge in [-0.15, -0.1) is 0 Å². The molecule has 1 aliphatic carbocycles. The zero-order chi connectivity index (χ0) is 14.7. The number of hydrogen-bond donors (Lipinski definition) is 1. The average Bonchev–Trinajstić information content (AvgIpc) is 3.34. The van der Waals surface area contributed by atoms with Crippen molar-refractivity contribution in [3.63, 3.8) is 0 Å². The molecule has 1 N–H and O–H groups in total. The van der Waals surface area contributed by atoms with E-state index in [0.29, 0.717) is 13.2 Å². The Labute approximate surface area is 126 Å². The fourth-order valence-corrected chi connectivity index (χ4v) is 2.74. The Bertz CT molecular complexity index is 499. The molecular weight excluding hydrogens is 264 g/mol. The Morgan fingerprint density at radius 3 is 2.86 bits per heavy atom. The van der Waals surface area contributed by atoms with E-state index in [0.717, 1.165) is 25.5 Å². The van der Waals surface area contributed by atoms with Gasteiger partial charge in [0.05, 0.1) is 12.6 Å². The second kappa shape index (κ2) is 6.58. The highest BCUT2D eigenvalue weighted by Crippen LogP contribution is 2.28. The van der Waals surface area contributed by atoms with Crippen LogP contribution in [0.15, 0.2) is 24.3 Å². The third-order valence-corrected chi connectivity index (χ3v) is 4.38. The molecule has 2 aliphatic rings. The third kappa shape index (κ3) is 3.83. The van der Waals surface area contributed by atoms with Crippen molar-refractivity contribution in [2.75, 3.05) is 26.8 Å². The van der Waals surface area contributed by atoms with Crippen molar-refractivity contribution in [2.45, 2.75) is 31.8 Å². The Morgan fingerprint density at radius 1 is 1.33 bits per heavy atom. The van der Waals surface area contributed by atoms with Gasteiger partial charge in [-0.2, -0.15) is 0 Å². The van der Waals surface area contributed by atoms with Crippen molar-refractivity contribution < 1.29 is 9.53 Å². The summed E-state index contributed by atoms with van der Waals surface area (Å²) in [6.07, 6.45) is 3.39. The van der Waals surface area contributed by atoms with Crippen LogP contribution in [-0.4, -0.2) is 43.7 Å². The molecule has 0 aromatic heterocycles. The van der Waals surface area contributed by atoms with Crippen LogP contribution in [0.25, 0.3) is 0 Å². The molecule has 114 valence electrons. The summed E-state index contributed by atoms with van der Waals surface area (Å²) in [5.41, 5.74) is 2.59. The maximum atomic E-state index is 12.5. The van der Waals surface area contributed by atoms with Crippen molar-refractivity contribution in [3.05, 3.63) is 35.4 Å². The number of rotatable bonds is 6. The van der Waals surface area contributed by atoms with E-state index in [4.69, 9.17) is 4.74 Å². The monoisotopic (exact) mass is 288 g/mol. The lowest BCUT2D eigenvalue weighted by Gasteiger charge is -2.29. The summed E-state index contributed by atoms with van der Waals surface area (Å²) in [6, 6.07) is 8.23. The van der Waals surface area contributed by atoms with E-state index in [1.807, 2.05) is 19.2 Å². The van der Waals surface area contributed by atoms with Crippen LogP contribution in [0.4, 0.5) is 0 Å². The number of hydrogen-bond acceptors (Lipinski definition) is 3. The average molecular weight is 288 g/mol. The van der Waals surface area contributed by atoms with Gasteiger partial charge in [0.1, 0.15) is 0 Å². The normalized spacial score (nSPS) is 20.9. The Kier molecular flexibility index (Phi) is 4.56. The van der Waals surface area contributed by atoms with Crippen LogP contribution in [-0.2, 0) is 22.5 Å². The van der Waals surface area contributed by atoms with Gasteiger partial charge in [-0.3, -0.25) is 4.79 Å². The lowest BCUT2D eigenvalue weighted by Crippen LogP contribution is -2.48. The number of carbonyl (C=O) groups excluding carboxylic acids is 1. The minimum atomic E-state index is -0.103. The Hall–Kier alpha value is -1.39. The molecule has 1 amide bonds. The number of ether oxygens (including phenoxy) is 1. The molecule has 0 spiro atoms. The summed E-state index contributed by atoms with van der Waals surface area (Å²) in [5, 5.41) is 3.34. The van der Waals surface area contributed by atoms with Crippen molar-refractivity contribution in [3.8, 4) is 0 Å². The number of likely N-dealkylation sites (N-methyl/N-ethyl adjacent to an activating group) is 1. The maximum Gasteiger partial charge on any atom is 0.239 e. The second-order valence-corrected chi connectivity index (χ2v) is 6.18. The molecule has 4 heteroatoms. The first-order valence-corrected chi connectivity index (χ1v) is 7.87. The van der Waals surface area contributed by atoms with E-state index >= 15 is 0 Å². The van der Waals surface area contributed by atoms with Crippen LogP contribution in [0.2, 0.25) is 0 Å². The fraction of sp³-hybridized carbons (Fsp3) is 0.588. The molecule has 1 aliphatic heterocycles. The SMILES string of the molecule is CN(CCOCC1CC1)C(=O)C1Cc2ccccc2CN1. The lowest BCUT2D eigenvalue weighted by atomic mass is 9.95. The van der Waals surface area contributed by atoms with Crippen molar-refractivity contribution >= 4 is 5.91 Å². The Morgan fingerprint density at radius 2 is 2.10 bits per heavy atom. The van der Waals surface area contributed by atoms with Gasteiger partial charge in [0, 0.05) is 26.7 Å². The largest absolute Gasteiger partial charge is 0.379 e. The lowest BCUT2D eigenvalue weighted by molar-refractivity contribution is -0.133. The molecule has 1 atom stereocenters. The van der Waals surface area contributed by atoms with Crippen LogP contribution in [0.1, 0.15) is 24.0 Å². The number of nitrogens with one attached hydrogen (secondary N) is 1. The molecule has 21 heavy (non-hydrogen) atoms. The molecule has 0 radical (unpaired) electrons. The first-order chi connectivity index (χ1) is 10.2. The van der Waals surface area contributed by atoms with Gasteiger partial charge >= 0.3 is 0 Å². The van der Waals surface area contributed by atoms with Crippen LogP contribution >= 0.6 is 0 Å². The van der Waals surface area contributed by atoms with Gasteiger partial charge in [-0.1, -0.05) is 24.3 Å². The molecule has 1 saturated carbocycles. The topological polar surface area (TPSA) is 41.6 Å². The molecule has 1 fully saturated rings. The zero-order valence-electron chi connectivity index (χ0n) is 12.7. The van der Waals surface area contributed by atoms with E-state index < -0.39 is 0 Å². The van der Waals surface area contributed by atoms with Gasteiger partial charge in [0.25, 0.3) is 0 Å². The second-order valence-electron chi connectivity index (χ2n) is 6.18. The summed E-state index contributed by atoms with van der Waals surface area (Å²) in [6.45, 7) is 2.95. The number of benzene rings is 1. The number of amides is 1. The predicted octanol–water partition coefficient (Wildman–Crippen LogP) is 1.59. The molecule has 4 nitrogen and oxygen atoms in total. The van der Waals surface area contributed by atoms with E-state index in [-0.39, 0.29) is 11.9 Å². The van der Waals surface area contributed by atoms with Gasteiger partial charge in [-0.05, 0) is 36.3 Å². The van der Waals surface area contributed by atoms with Crippen molar-refractivity contribution in [2.24, 2.45) is 5.92 Å². The molecule has 1 aromatic carbocycles. The van der Waals surface area contributed by atoms with Gasteiger partial charge in [0.2, 0.25) is 5.91 Å². The zero-order valence-corrected chi connectivity index (χ0v) is 12.7. The molecule has 0 bridgehead atoms. The molecule has 1 aromatic rings. The van der Waals surface area contributed by atoms with Gasteiger partial charge in [0.15, 0.2) is 0 Å². The molecular formula is C17H24N2O2. The molecule has 3 rings (SSSR count). The van der Waals surface area contributed by atoms with Crippen LogP contribution in [0.3, 0.4) is 0 Å². The molecule has 1 unspecified atom stereocenters. The quantitative estimate of drug-likeness (QED) is 0.808. The van der Waals surface area contributed by atoms with Gasteiger partial charge in [-0.25, -0.2) is 0 Å². The highest BCUT2D eigenvalue weighted by atomic mass is 16.5. The summed E-state index contributed by atoms with van der Waals surface area (Å²) in [4.78, 5) is 14.2. The van der Waals surface area contributed by atoms with Crippen LogP contribution < -0.4 is 5.32 Å². The summed E-state index contributed by atoms with van der Waals surface area (Å²) >= 11 is 0. The first kappa shape index (κ1) is 14.5. The highest BCUT2D eigenvalue weighted by Gasteiger charge is 2.26. The fourth-order valence-electron chi connectivity index (χ4n) is 2.74. The van der Waals surface area contributed by atoms with E-state index in [2.05, 4.69) is 17.4 Å². The number of carbonyl (C=O) groups is 1. The van der Waals surface area contributed by atoms with Crippen molar-refractivity contribution in [1.29, 1.82) is 0 Å². The predicted molar refractivity (Wildman–Crippen MR) is 82.0 cm³/mol. The summed E-state index contributed by atoms with van der Waals surface area (Å²) in [5.74, 6) is 0.946. The van der Waals surface area contributed by atoms with Gasteiger partial charge < -0.3 is 15.0 Å². The minimum absolute atomic E-state index is 0.103. The summed E-state index contributed by atoms with van der Waals surface area (Å²) < 4.78 is 5.61. The highest BCUT2D eigenvalue weighted by molar-refractivity contribution is 5.82. The summed E-state index contributed by atoms with van der Waals surface area (Å²) in [7, 11) is 1.87. The Balaban J connectivity index is 1.46. The molecule has 1 heterocycles. The van der Waals surface area contributed by atoms with E-state index in [1.54, 1.807) is 4.90 Å². The van der Waals surface area contributed by atoms with Crippen molar-refractivity contribution in [1.82, 2.24) is 10.2 Å². The number of fused-ring (bicyclic) bond motifs is 1. The molecule has 0 saturated heterocycles. The maximum absolute atomic E-state index is 12.5. The van der Waals surface area contributed by atoms with E-state index in [1.165, 1.54) is 24.0 Å². The van der Waals surface area contributed by atoms with Crippen LogP contribution in [0.5, 0.6) is 0 Å². The van der Waals surface area contributed by atoms with Crippen LogP contribution in [0, 0.1) is 5.92 Å². The first-order valence-electron chi connectivity index (χ1n) is 7.87. The smallest absolute Gasteiger partial charge is 0.239 e. The van der Waals surface area contributed by atoms with E-state index in [9.17, 15) is 4.79 Å². The standard InChI is InChI=1S/C17H24N2O2/c1-19(8-9-21-12-13-6-7-13)17(20)16-10-14-4-2-3-5-15(14)11-18-16/h2-5,13,16,18H,6-12H2,1H3. The number of nitrogens with zero attached hydrogens (tertiary/aromatic N) is 1.